The van der Waals surface area contributed by atoms with Gasteiger partial charge in [0.05, 0.1) is 6.54 Å². The van der Waals surface area contributed by atoms with Crippen molar-refractivity contribution in [2.75, 3.05) is 26.7 Å². The van der Waals surface area contributed by atoms with Gasteiger partial charge in [-0.05, 0) is 33.0 Å². The van der Waals surface area contributed by atoms with Crippen LogP contribution < -0.4 is 5.32 Å². The van der Waals surface area contributed by atoms with Crippen LogP contribution in [0.15, 0.2) is 18.2 Å². The second-order valence-electron chi connectivity index (χ2n) is 5.34. The lowest BCUT2D eigenvalue weighted by molar-refractivity contribution is -0.143. The summed E-state index contributed by atoms with van der Waals surface area (Å²) >= 11 is 0. The van der Waals surface area contributed by atoms with Crippen molar-refractivity contribution in [1.82, 2.24) is 10.2 Å². The van der Waals surface area contributed by atoms with Crippen LogP contribution in [-0.4, -0.2) is 37.8 Å². The predicted octanol–water partition coefficient (Wildman–Crippen LogP) is 3.45. The third kappa shape index (κ3) is 5.92. The molecule has 0 bridgehead atoms. The molecule has 0 radical (unpaired) electrons. The van der Waals surface area contributed by atoms with E-state index in [4.69, 9.17) is 0 Å². The Balaban J connectivity index is 2.83. The zero-order chi connectivity index (χ0) is 15.3. The number of hydrogen-bond donors (Lipinski definition) is 1. The van der Waals surface area contributed by atoms with Gasteiger partial charge in [-0.25, -0.2) is 0 Å². The van der Waals surface area contributed by atoms with Crippen LogP contribution in [0.3, 0.4) is 0 Å². The van der Waals surface area contributed by atoms with Crippen LogP contribution in [0.25, 0.3) is 0 Å². The van der Waals surface area contributed by atoms with Gasteiger partial charge in [0.2, 0.25) is 0 Å². The van der Waals surface area contributed by atoms with Crippen molar-refractivity contribution in [2.24, 2.45) is 0 Å². The fraction of sp³-hybridized carbons (Fsp3) is 0.600. The molecule has 0 aliphatic carbocycles. The lowest BCUT2D eigenvalue weighted by Crippen LogP contribution is -2.38. The molecule has 0 aromatic heterocycles. The average molecular weight is 288 g/mol. The first-order chi connectivity index (χ1) is 9.21. The maximum atomic E-state index is 12.4. The van der Waals surface area contributed by atoms with Crippen molar-refractivity contribution >= 4 is 0 Å². The molecule has 0 fully saturated rings. The first-order valence-electron chi connectivity index (χ1n) is 6.78. The van der Waals surface area contributed by atoms with Gasteiger partial charge in [-0.1, -0.05) is 36.2 Å². The summed E-state index contributed by atoms with van der Waals surface area (Å²) in [5.74, 6) is 0. The zero-order valence-electron chi connectivity index (χ0n) is 12.5. The quantitative estimate of drug-likeness (QED) is 0.862. The number of benzene rings is 1. The predicted molar refractivity (Wildman–Crippen MR) is 75.9 cm³/mol. The summed E-state index contributed by atoms with van der Waals surface area (Å²) in [7, 11) is 1.50. The van der Waals surface area contributed by atoms with Crippen LogP contribution in [-0.2, 0) is 0 Å². The number of nitrogens with zero attached hydrogens (tertiary/aromatic N) is 1. The topological polar surface area (TPSA) is 15.3 Å². The molecule has 114 valence electrons. The lowest BCUT2D eigenvalue weighted by atomic mass is 10.0. The molecule has 0 aliphatic rings. The van der Waals surface area contributed by atoms with Gasteiger partial charge >= 0.3 is 6.18 Å². The molecule has 0 aliphatic heterocycles. The molecule has 1 aromatic carbocycles. The third-order valence-corrected chi connectivity index (χ3v) is 3.04. The molecule has 1 rings (SSSR count). The van der Waals surface area contributed by atoms with Gasteiger partial charge in [-0.3, -0.25) is 4.90 Å². The van der Waals surface area contributed by atoms with Crippen LogP contribution in [0, 0.1) is 13.8 Å². The van der Waals surface area contributed by atoms with Crippen LogP contribution in [0.4, 0.5) is 13.2 Å². The first kappa shape index (κ1) is 17.0. The molecule has 2 nitrogen and oxygen atoms in total. The molecular weight excluding hydrogens is 265 g/mol. The van der Waals surface area contributed by atoms with Gasteiger partial charge < -0.3 is 5.32 Å². The smallest absolute Gasteiger partial charge is 0.309 e. The normalized spacial score (nSPS) is 13.8. The number of alkyl halides is 3. The minimum Gasteiger partial charge on any atom is -0.309 e. The third-order valence-electron chi connectivity index (χ3n) is 3.04. The van der Waals surface area contributed by atoms with Gasteiger partial charge in [0, 0.05) is 12.6 Å². The number of aryl methyl sites for hydroxylation is 2. The van der Waals surface area contributed by atoms with Gasteiger partial charge in [0.15, 0.2) is 0 Å². The fourth-order valence-electron chi connectivity index (χ4n) is 2.43. The molecule has 0 saturated carbocycles. The molecule has 0 saturated heterocycles. The second kappa shape index (κ2) is 7.09. The number of halogens is 3. The summed E-state index contributed by atoms with van der Waals surface area (Å²) in [5, 5.41) is 3.26. The highest BCUT2D eigenvalue weighted by molar-refractivity contribution is 5.30. The number of rotatable bonds is 6. The van der Waals surface area contributed by atoms with E-state index in [2.05, 4.69) is 11.4 Å². The largest absolute Gasteiger partial charge is 0.401 e. The summed E-state index contributed by atoms with van der Waals surface area (Å²) in [4.78, 5) is 1.31. The Kier molecular flexibility index (Phi) is 6.02. The van der Waals surface area contributed by atoms with Crippen LogP contribution in [0.2, 0.25) is 0 Å². The summed E-state index contributed by atoms with van der Waals surface area (Å²) < 4.78 is 37.2. The summed E-state index contributed by atoms with van der Waals surface area (Å²) in [5.41, 5.74) is 3.29. The molecule has 0 heterocycles. The highest BCUT2D eigenvalue weighted by Gasteiger charge is 2.30. The van der Waals surface area contributed by atoms with Crippen LogP contribution in [0.5, 0.6) is 0 Å². The molecule has 1 aromatic rings. The van der Waals surface area contributed by atoms with Crippen LogP contribution in [0.1, 0.15) is 29.7 Å². The Morgan fingerprint density at radius 1 is 1.15 bits per heavy atom. The van der Waals surface area contributed by atoms with Gasteiger partial charge in [-0.15, -0.1) is 0 Å². The highest BCUT2D eigenvalue weighted by atomic mass is 19.4. The van der Waals surface area contributed by atoms with Crippen molar-refractivity contribution in [1.29, 1.82) is 0 Å². The standard InChI is InChI=1S/C15H23F3N2/c1-5-19-14(9-20(4)10-15(16,17)18)13-7-11(2)6-12(3)8-13/h6-8,14,19H,5,9-10H2,1-4H3. The highest BCUT2D eigenvalue weighted by Crippen LogP contribution is 2.20. The Labute approximate surface area is 119 Å². The molecule has 0 amide bonds. The Hall–Kier alpha value is -1.07. The van der Waals surface area contributed by atoms with Crippen molar-refractivity contribution < 1.29 is 13.2 Å². The van der Waals surface area contributed by atoms with Crippen molar-refractivity contribution in [3.05, 3.63) is 34.9 Å². The van der Waals surface area contributed by atoms with Gasteiger partial charge in [0.25, 0.3) is 0 Å². The van der Waals surface area contributed by atoms with Gasteiger partial charge in [0.1, 0.15) is 0 Å². The molecule has 1 N–H and O–H groups in total. The molecule has 5 heteroatoms. The van der Waals surface area contributed by atoms with E-state index in [0.29, 0.717) is 6.54 Å². The fourth-order valence-corrected chi connectivity index (χ4v) is 2.43. The minimum atomic E-state index is -4.16. The van der Waals surface area contributed by atoms with E-state index in [9.17, 15) is 13.2 Å². The zero-order valence-corrected chi connectivity index (χ0v) is 12.5. The molecular formula is C15H23F3N2. The van der Waals surface area contributed by atoms with E-state index in [1.165, 1.54) is 11.9 Å². The van der Waals surface area contributed by atoms with Crippen LogP contribution >= 0.6 is 0 Å². The summed E-state index contributed by atoms with van der Waals surface area (Å²) in [6, 6.07) is 6.03. The van der Waals surface area contributed by atoms with E-state index in [1.807, 2.05) is 32.9 Å². The molecule has 0 spiro atoms. The second-order valence-corrected chi connectivity index (χ2v) is 5.34. The molecule has 1 atom stereocenters. The van der Waals surface area contributed by atoms with Crippen molar-refractivity contribution in [3.63, 3.8) is 0 Å². The van der Waals surface area contributed by atoms with E-state index >= 15 is 0 Å². The maximum absolute atomic E-state index is 12.4. The number of hydrogen-bond acceptors (Lipinski definition) is 2. The van der Waals surface area contributed by atoms with E-state index in [-0.39, 0.29) is 6.04 Å². The average Bonchev–Trinajstić information content (AvgIpc) is 2.24. The molecule has 20 heavy (non-hydrogen) atoms. The summed E-state index contributed by atoms with van der Waals surface area (Å²) in [6.45, 7) is 6.12. The first-order valence-corrected chi connectivity index (χ1v) is 6.78. The minimum absolute atomic E-state index is 0.0917. The lowest BCUT2D eigenvalue weighted by Gasteiger charge is -2.26. The Morgan fingerprint density at radius 3 is 2.15 bits per heavy atom. The maximum Gasteiger partial charge on any atom is 0.401 e. The SMILES string of the molecule is CCNC(CN(C)CC(F)(F)F)c1cc(C)cc(C)c1. The van der Waals surface area contributed by atoms with E-state index in [1.54, 1.807) is 0 Å². The molecule has 1 unspecified atom stereocenters. The van der Waals surface area contributed by atoms with E-state index in [0.717, 1.165) is 23.2 Å². The Morgan fingerprint density at radius 2 is 1.70 bits per heavy atom. The Bertz CT molecular complexity index is 409. The number of likely N-dealkylation sites (N-methyl/N-ethyl adjacent to an activating group) is 2. The number of nitrogens with one attached hydrogen (secondary N) is 1. The van der Waals surface area contributed by atoms with E-state index < -0.39 is 12.7 Å². The van der Waals surface area contributed by atoms with Crippen molar-refractivity contribution in [2.45, 2.75) is 33.0 Å². The summed E-state index contributed by atoms with van der Waals surface area (Å²) in [6.07, 6.45) is -4.16. The van der Waals surface area contributed by atoms with Gasteiger partial charge in [-0.2, -0.15) is 13.2 Å². The van der Waals surface area contributed by atoms with Crippen molar-refractivity contribution in [3.8, 4) is 0 Å². The monoisotopic (exact) mass is 288 g/mol.